The van der Waals surface area contributed by atoms with Gasteiger partial charge in [-0.3, -0.25) is 4.79 Å². The number of anilines is 1. The van der Waals surface area contributed by atoms with Crippen LogP contribution >= 0.6 is 12.4 Å². The van der Waals surface area contributed by atoms with Crippen LogP contribution in [0.1, 0.15) is 19.3 Å². The number of hydrogen-bond acceptors (Lipinski definition) is 6. The molecule has 3 aliphatic rings. The lowest BCUT2D eigenvalue weighted by Crippen LogP contribution is -2.38. The van der Waals surface area contributed by atoms with E-state index in [1.54, 1.807) is 0 Å². The Morgan fingerprint density at radius 1 is 1.30 bits per heavy atom. The van der Waals surface area contributed by atoms with Crippen molar-refractivity contribution in [2.75, 3.05) is 32.1 Å². The third-order valence-electron chi connectivity index (χ3n) is 5.64. The SMILES string of the molecule is COc1cc2c(cc1S(=O)(=O)N1CC3CCCC(N)C3C1)OCC(=O)N2.Cl. The number of nitrogens with two attached hydrogens (primary N) is 1. The van der Waals surface area contributed by atoms with Crippen molar-refractivity contribution in [3.05, 3.63) is 12.1 Å². The van der Waals surface area contributed by atoms with Crippen molar-refractivity contribution < 1.29 is 22.7 Å². The zero-order valence-corrected chi connectivity index (χ0v) is 16.6. The lowest BCUT2D eigenvalue weighted by atomic mass is 9.78. The topological polar surface area (TPSA) is 111 Å². The normalized spacial score (nSPS) is 27.6. The van der Waals surface area contributed by atoms with Crippen LogP contribution in [0.15, 0.2) is 17.0 Å². The summed E-state index contributed by atoms with van der Waals surface area (Å²) >= 11 is 0. The highest BCUT2D eigenvalue weighted by Crippen LogP contribution is 2.42. The molecule has 3 unspecified atom stereocenters. The zero-order valence-electron chi connectivity index (χ0n) is 15.0. The van der Waals surface area contributed by atoms with E-state index >= 15 is 0 Å². The molecule has 1 aromatic carbocycles. The first-order chi connectivity index (χ1) is 12.4. The molecule has 0 radical (unpaired) electrons. The molecule has 1 aliphatic carbocycles. The molecule has 1 saturated heterocycles. The number of rotatable bonds is 3. The Hall–Kier alpha value is -1.55. The quantitative estimate of drug-likeness (QED) is 0.764. The van der Waals surface area contributed by atoms with E-state index in [-0.39, 0.29) is 47.5 Å². The van der Waals surface area contributed by atoms with Gasteiger partial charge in [-0.1, -0.05) is 6.42 Å². The highest BCUT2D eigenvalue weighted by atomic mass is 35.5. The standard InChI is InChI=1S/C17H23N3O5S.ClH/c1-24-15-5-13-14(25-9-17(21)19-13)6-16(15)26(22,23)20-7-10-3-2-4-12(18)11(10)8-20;/h5-6,10-12H,2-4,7-9,18H2,1H3,(H,19,21);1H. The number of sulfonamides is 1. The zero-order chi connectivity index (χ0) is 18.5. The van der Waals surface area contributed by atoms with Gasteiger partial charge in [0, 0.05) is 31.3 Å². The number of benzene rings is 1. The van der Waals surface area contributed by atoms with E-state index in [0.717, 1.165) is 19.3 Å². The van der Waals surface area contributed by atoms with E-state index in [2.05, 4.69) is 5.32 Å². The fourth-order valence-corrected chi connectivity index (χ4v) is 5.95. The van der Waals surface area contributed by atoms with Crippen LogP contribution < -0.4 is 20.5 Å². The second-order valence-corrected chi connectivity index (χ2v) is 9.08. The number of nitrogens with zero attached hydrogens (tertiary/aromatic N) is 1. The Kier molecular flexibility index (Phi) is 5.58. The van der Waals surface area contributed by atoms with Crippen LogP contribution in [-0.2, 0) is 14.8 Å². The third-order valence-corrected chi connectivity index (χ3v) is 7.49. The van der Waals surface area contributed by atoms with Crippen molar-refractivity contribution in [2.45, 2.75) is 30.2 Å². The molecular weight excluding hydrogens is 394 g/mol. The van der Waals surface area contributed by atoms with Gasteiger partial charge in [0.25, 0.3) is 5.91 Å². The number of fused-ring (bicyclic) bond motifs is 2. The molecule has 10 heteroatoms. The number of methoxy groups -OCH3 is 1. The summed E-state index contributed by atoms with van der Waals surface area (Å²) in [6.45, 7) is 0.784. The highest BCUT2D eigenvalue weighted by molar-refractivity contribution is 7.89. The van der Waals surface area contributed by atoms with Crippen LogP contribution in [0.2, 0.25) is 0 Å². The molecule has 8 nitrogen and oxygen atoms in total. The maximum Gasteiger partial charge on any atom is 0.262 e. The number of carbonyl (C=O) groups excluding carboxylic acids is 1. The summed E-state index contributed by atoms with van der Waals surface area (Å²) < 4.78 is 38.7. The summed E-state index contributed by atoms with van der Waals surface area (Å²) in [7, 11) is -2.34. The number of halogens is 1. The molecule has 1 aromatic rings. The first kappa shape index (κ1) is 20.2. The number of hydrogen-bond donors (Lipinski definition) is 2. The number of amides is 1. The minimum absolute atomic E-state index is 0. The molecule has 0 spiro atoms. The van der Waals surface area contributed by atoms with E-state index in [9.17, 15) is 13.2 Å². The fraction of sp³-hybridized carbons (Fsp3) is 0.588. The van der Waals surface area contributed by atoms with Gasteiger partial charge in [-0.05, 0) is 24.7 Å². The molecule has 2 aliphatic heterocycles. The molecule has 2 heterocycles. The number of carbonyl (C=O) groups is 1. The van der Waals surface area contributed by atoms with Gasteiger partial charge < -0.3 is 20.5 Å². The van der Waals surface area contributed by atoms with Crippen molar-refractivity contribution in [2.24, 2.45) is 17.6 Å². The van der Waals surface area contributed by atoms with Gasteiger partial charge in [-0.25, -0.2) is 8.42 Å². The summed E-state index contributed by atoms with van der Waals surface area (Å²) in [6.07, 6.45) is 3.01. The molecule has 0 bridgehead atoms. The molecule has 0 aromatic heterocycles. The first-order valence-electron chi connectivity index (χ1n) is 8.80. The molecule has 1 amide bonds. The van der Waals surface area contributed by atoms with Crippen LogP contribution in [0, 0.1) is 11.8 Å². The average Bonchev–Trinajstić information content (AvgIpc) is 3.07. The van der Waals surface area contributed by atoms with Crippen molar-refractivity contribution in [1.29, 1.82) is 0 Å². The molecule has 3 atom stereocenters. The summed E-state index contributed by atoms with van der Waals surface area (Å²) in [4.78, 5) is 11.5. The van der Waals surface area contributed by atoms with Crippen LogP contribution in [0.5, 0.6) is 11.5 Å². The maximum absolute atomic E-state index is 13.3. The van der Waals surface area contributed by atoms with E-state index in [0.29, 0.717) is 30.4 Å². The van der Waals surface area contributed by atoms with Crippen molar-refractivity contribution in [3.63, 3.8) is 0 Å². The summed E-state index contributed by atoms with van der Waals surface area (Å²) in [6, 6.07) is 2.98. The average molecular weight is 418 g/mol. The number of nitrogens with one attached hydrogen (secondary N) is 1. The van der Waals surface area contributed by atoms with Crippen molar-refractivity contribution in [3.8, 4) is 11.5 Å². The van der Waals surface area contributed by atoms with E-state index in [1.165, 1.54) is 23.5 Å². The molecule has 150 valence electrons. The predicted molar refractivity (Wildman–Crippen MR) is 102 cm³/mol. The lowest BCUT2D eigenvalue weighted by Gasteiger charge is -2.29. The predicted octanol–water partition coefficient (Wildman–Crippen LogP) is 1.20. The largest absolute Gasteiger partial charge is 0.495 e. The Morgan fingerprint density at radius 3 is 2.78 bits per heavy atom. The smallest absolute Gasteiger partial charge is 0.262 e. The minimum Gasteiger partial charge on any atom is -0.495 e. The molecule has 4 rings (SSSR count). The Bertz CT molecular complexity index is 847. The minimum atomic E-state index is -3.75. The monoisotopic (exact) mass is 417 g/mol. The first-order valence-corrected chi connectivity index (χ1v) is 10.2. The van der Waals surface area contributed by atoms with Gasteiger partial charge in [0.15, 0.2) is 6.61 Å². The highest BCUT2D eigenvalue weighted by Gasteiger charge is 2.44. The Labute approximate surface area is 164 Å². The lowest BCUT2D eigenvalue weighted by molar-refractivity contribution is -0.118. The molecule has 1 saturated carbocycles. The van der Waals surface area contributed by atoms with Crippen LogP contribution in [0.4, 0.5) is 5.69 Å². The van der Waals surface area contributed by atoms with Gasteiger partial charge in [0.1, 0.15) is 16.4 Å². The Balaban J connectivity index is 0.00000210. The van der Waals surface area contributed by atoms with Crippen LogP contribution in [-0.4, -0.2) is 51.5 Å². The van der Waals surface area contributed by atoms with Crippen molar-refractivity contribution >= 4 is 34.0 Å². The van der Waals surface area contributed by atoms with E-state index in [1.807, 2.05) is 0 Å². The molecular formula is C17H24ClN3O5S. The van der Waals surface area contributed by atoms with Crippen LogP contribution in [0.3, 0.4) is 0 Å². The van der Waals surface area contributed by atoms with Crippen molar-refractivity contribution in [1.82, 2.24) is 4.31 Å². The molecule has 2 fully saturated rings. The second-order valence-electron chi connectivity index (χ2n) is 7.18. The van der Waals surface area contributed by atoms with Gasteiger partial charge in [-0.2, -0.15) is 4.31 Å². The van der Waals surface area contributed by atoms with Crippen LogP contribution in [0.25, 0.3) is 0 Å². The molecule has 3 N–H and O–H groups in total. The van der Waals surface area contributed by atoms with E-state index in [4.69, 9.17) is 15.2 Å². The Morgan fingerprint density at radius 2 is 2.07 bits per heavy atom. The number of ether oxygens (including phenoxy) is 2. The fourth-order valence-electron chi connectivity index (χ4n) is 4.26. The van der Waals surface area contributed by atoms with Gasteiger partial charge >= 0.3 is 0 Å². The third kappa shape index (κ3) is 3.49. The van der Waals surface area contributed by atoms with Gasteiger partial charge in [0.2, 0.25) is 10.0 Å². The summed E-state index contributed by atoms with van der Waals surface area (Å²) in [5.41, 5.74) is 6.63. The van der Waals surface area contributed by atoms with E-state index < -0.39 is 10.0 Å². The maximum atomic E-state index is 13.3. The molecule has 27 heavy (non-hydrogen) atoms. The summed E-state index contributed by atoms with van der Waals surface area (Å²) in [5.74, 6) is 0.754. The van der Waals surface area contributed by atoms with Gasteiger partial charge in [0.05, 0.1) is 12.8 Å². The van der Waals surface area contributed by atoms with Gasteiger partial charge in [-0.15, -0.1) is 12.4 Å². The second kappa shape index (κ2) is 7.46. The summed E-state index contributed by atoms with van der Waals surface area (Å²) in [5, 5.41) is 2.66.